The van der Waals surface area contributed by atoms with E-state index in [0.29, 0.717) is 12.1 Å². The van der Waals surface area contributed by atoms with E-state index >= 15 is 0 Å². The highest BCUT2D eigenvalue weighted by atomic mass is 15.2. The van der Waals surface area contributed by atoms with Crippen molar-refractivity contribution in [3.63, 3.8) is 0 Å². The Kier molecular flexibility index (Phi) is 4.07. The van der Waals surface area contributed by atoms with Gasteiger partial charge in [0, 0.05) is 18.9 Å². The summed E-state index contributed by atoms with van der Waals surface area (Å²) in [5.74, 6) is 0.755. The van der Waals surface area contributed by atoms with Gasteiger partial charge in [-0.15, -0.1) is 0 Å². The zero-order chi connectivity index (χ0) is 13.7. The fourth-order valence-corrected chi connectivity index (χ4v) is 1.88. The van der Waals surface area contributed by atoms with E-state index in [9.17, 15) is 0 Å². The first kappa shape index (κ1) is 13.0. The molecule has 0 unspecified atom stereocenters. The molecular formula is C14H17N5. The molecule has 0 saturated carbocycles. The van der Waals surface area contributed by atoms with Crippen LogP contribution in [0.25, 0.3) is 0 Å². The van der Waals surface area contributed by atoms with Crippen LogP contribution in [0.5, 0.6) is 0 Å². The second kappa shape index (κ2) is 5.95. The Bertz CT molecular complexity index is 553. The molecule has 0 saturated heterocycles. The van der Waals surface area contributed by atoms with Crippen LogP contribution in [0.1, 0.15) is 18.2 Å². The van der Waals surface area contributed by atoms with Crippen LogP contribution in [0.2, 0.25) is 0 Å². The Morgan fingerprint density at radius 1 is 1.21 bits per heavy atom. The summed E-state index contributed by atoms with van der Waals surface area (Å²) in [7, 11) is 0. The fraction of sp³-hybridized carbons (Fsp3) is 0.214. The van der Waals surface area contributed by atoms with Gasteiger partial charge in [-0.05, 0) is 31.2 Å². The Morgan fingerprint density at radius 3 is 2.63 bits per heavy atom. The fourth-order valence-electron chi connectivity index (χ4n) is 1.88. The van der Waals surface area contributed by atoms with E-state index in [1.165, 1.54) is 0 Å². The predicted molar refractivity (Wildman–Crippen MR) is 76.2 cm³/mol. The zero-order valence-electron chi connectivity index (χ0n) is 10.9. The molecule has 2 heterocycles. The highest BCUT2D eigenvalue weighted by Gasteiger charge is 2.13. The predicted octanol–water partition coefficient (Wildman–Crippen LogP) is 1.79. The van der Waals surface area contributed by atoms with Crippen LogP contribution in [0, 0.1) is 5.41 Å². The molecule has 2 rings (SSSR count). The lowest BCUT2D eigenvalue weighted by Crippen LogP contribution is -2.27. The average Bonchev–Trinajstić information content (AvgIpc) is 2.46. The molecule has 0 aromatic carbocycles. The van der Waals surface area contributed by atoms with Crippen molar-refractivity contribution in [1.29, 1.82) is 5.41 Å². The summed E-state index contributed by atoms with van der Waals surface area (Å²) in [5.41, 5.74) is 7.22. The minimum Gasteiger partial charge on any atom is -0.384 e. The first-order valence-electron chi connectivity index (χ1n) is 6.16. The molecular weight excluding hydrogens is 238 g/mol. The molecule has 0 aliphatic rings. The summed E-state index contributed by atoms with van der Waals surface area (Å²) in [6.45, 7) is 3.46. The molecule has 0 atom stereocenters. The van der Waals surface area contributed by atoms with E-state index in [2.05, 4.69) is 14.9 Å². The molecule has 0 spiro atoms. The van der Waals surface area contributed by atoms with Crippen molar-refractivity contribution in [3.05, 3.63) is 54.0 Å². The van der Waals surface area contributed by atoms with Crippen molar-refractivity contribution in [3.8, 4) is 0 Å². The first-order valence-corrected chi connectivity index (χ1v) is 6.16. The maximum Gasteiger partial charge on any atom is 0.139 e. The van der Waals surface area contributed by atoms with Crippen LogP contribution in [0.15, 0.2) is 42.7 Å². The zero-order valence-corrected chi connectivity index (χ0v) is 10.9. The van der Waals surface area contributed by atoms with Gasteiger partial charge in [0.05, 0.1) is 17.8 Å². The summed E-state index contributed by atoms with van der Waals surface area (Å²) < 4.78 is 0. The SMILES string of the molecule is CCN(Cc1ccccn1)c1ncccc1C(=N)N. The first-order chi connectivity index (χ1) is 9.22. The third-order valence-electron chi connectivity index (χ3n) is 2.84. The number of rotatable bonds is 5. The van der Waals surface area contributed by atoms with Crippen LogP contribution < -0.4 is 10.6 Å². The molecule has 5 heteroatoms. The van der Waals surface area contributed by atoms with Crippen molar-refractivity contribution >= 4 is 11.7 Å². The van der Waals surface area contributed by atoms with Crippen LogP contribution in [-0.2, 0) is 6.54 Å². The minimum absolute atomic E-state index is 0.0302. The van der Waals surface area contributed by atoms with E-state index in [4.69, 9.17) is 11.1 Å². The lowest BCUT2D eigenvalue weighted by atomic mass is 10.2. The number of nitrogens with one attached hydrogen (secondary N) is 1. The van der Waals surface area contributed by atoms with Gasteiger partial charge in [0.1, 0.15) is 11.7 Å². The number of anilines is 1. The van der Waals surface area contributed by atoms with Gasteiger partial charge in [0.15, 0.2) is 0 Å². The summed E-state index contributed by atoms with van der Waals surface area (Å²) >= 11 is 0. The molecule has 0 aliphatic carbocycles. The van der Waals surface area contributed by atoms with E-state index in [1.807, 2.05) is 31.2 Å². The van der Waals surface area contributed by atoms with E-state index in [1.54, 1.807) is 18.5 Å². The highest BCUT2D eigenvalue weighted by Crippen LogP contribution is 2.18. The van der Waals surface area contributed by atoms with Crippen LogP contribution in [-0.4, -0.2) is 22.3 Å². The Morgan fingerprint density at radius 2 is 2.00 bits per heavy atom. The minimum atomic E-state index is 0.0302. The second-order valence-electron chi connectivity index (χ2n) is 4.12. The number of pyridine rings is 2. The summed E-state index contributed by atoms with van der Waals surface area (Å²) in [4.78, 5) is 10.7. The monoisotopic (exact) mass is 255 g/mol. The maximum absolute atomic E-state index is 7.62. The quantitative estimate of drug-likeness (QED) is 0.630. The number of nitrogens with two attached hydrogens (primary N) is 1. The van der Waals surface area contributed by atoms with Gasteiger partial charge < -0.3 is 10.6 Å². The number of hydrogen-bond acceptors (Lipinski definition) is 4. The van der Waals surface area contributed by atoms with Crippen molar-refractivity contribution in [2.24, 2.45) is 5.73 Å². The molecule has 3 N–H and O–H groups in total. The molecule has 2 aromatic heterocycles. The van der Waals surface area contributed by atoms with Crippen LogP contribution in [0.3, 0.4) is 0 Å². The molecule has 2 aromatic rings. The summed E-state index contributed by atoms with van der Waals surface area (Å²) in [6.07, 6.45) is 3.48. The molecule has 19 heavy (non-hydrogen) atoms. The van der Waals surface area contributed by atoms with Crippen molar-refractivity contribution in [1.82, 2.24) is 9.97 Å². The number of aromatic nitrogens is 2. The molecule has 5 nitrogen and oxygen atoms in total. The normalized spacial score (nSPS) is 10.2. The van der Waals surface area contributed by atoms with Gasteiger partial charge in [-0.1, -0.05) is 6.07 Å². The van der Waals surface area contributed by atoms with Crippen molar-refractivity contribution < 1.29 is 0 Å². The lowest BCUT2D eigenvalue weighted by Gasteiger charge is -2.23. The van der Waals surface area contributed by atoms with E-state index < -0.39 is 0 Å². The molecule has 0 amide bonds. The van der Waals surface area contributed by atoms with E-state index in [-0.39, 0.29) is 5.84 Å². The summed E-state index contributed by atoms with van der Waals surface area (Å²) in [5, 5.41) is 7.62. The lowest BCUT2D eigenvalue weighted by molar-refractivity contribution is 0.792. The molecule has 0 fully saturated rings. The standard InChI is InChI=1S/C14H17N5/c1-2-19(10-11-6-3-4-8-17-11)14-12(13(15)16)7-5-9-18-14/h3-9H,2,10H2,1H3,(H3,15,16). The topological polar surface area (TPSA) is 78.9 Å². The van der Waals surface area contributed by atoms with Crippen molar-refractivity contribution in [2.45, 2.75) is 13.5 Å². The Balaban J connectivity index is 2.30. The van der Waals surface area contributed by atoms with Gasteiger partial charge in [-0.3, -0.25) is 10.4 Å². The van der Waals surface area contributed by atoms with Gasteiger partial charge in [-0.2, -0.15) is 0 Å². The van der Waals surface area contributed by atoms with Gasteiger partial charge in [-0.25, -0.2) is 4.98 Å². The van der Waals surface area contributed by atoms with Gasteiger partial charge in [0.2, 0.25) is 0 Å². The van der Waals surface area contributed by atoms with Gasteiger partial charge in [0.25, 0.3) is 0 Å². The largest absolute Gasteiger partial charge is 0.384 e. The maximum atomic E-state index is 7.62. The Hall–Kier alpha value is -2.43. The van der Waals surface area contributed by atoms with Crippen LogP contribution >= 0.6 is 0 Å². The average molecular weight is 255 g/mol. The molecule has 0 radical (unpaired) electrons. The number of nitrogens with zero attached hydrogens (tertiary/aromatic N) is 3. The smallest absolute Gasteiger partial charge is 0.139 e. The number of amidine groups is 1. The number of hydrogen-bond donors (Lipinski definition) is 2. The van der Waals surface area contributed by atoms with Crippen molar-refractivity contribution in [2.75, 3.05) is 11.4 Å². The third-order valence-corrected chi connectivity index (χ3v) is 2.84. The molecule has 0 aliphatic heterocycles. The highest BCUT2D eigenvalue weighted by molar-refractivity contribution is 5.99. The summed E-state index contributed by atoms with van der Waals surface area (Å²) in [6, 6.07) is 9.42. The van der Waals surface area contributed by atoms with Gasteiger partial charge >= 0.3 is 0 Å². The molecule has 98 valence electrons. The number of nitrogen functional groups attached to an aromatic ring is 1. The van der Waals surface area contributed by atoms with Crippen LogP contribution in [0.4, 0.5) is 5.82 Å². The molecule has 0 bridgehead atoms. The van der Waals surface area contributed by atoms with E-state index in [0.717, 1.165) is 18.1 Å². The third kappa shape index (κ3) is 3.07. The second-order valence-corrected chi connectivity index (χ2v) is 4.12. The Labute approximate surface area is 112 Å².